The molecule has 2 aromatic carbocycles. The fraction of sp³-hybridized carbons (Fsp3) is 0.235. The van der Waals surface area contributed by atoms with Crippen LogP contribution >= 0.6 is 0 Å². The molecule has 3 nitrogen and oxygen atoms in total. The standard InChI is InChI=1S/C17H20N2O/c1-11-5-4-6-14(7-11)10-20-16-12(2)8-15(17(18)19)9-13(16)3/h4-9H,10H2,1-3H3,(H3,18,19). The van der Waals surface area contributed by atoms with Gasteiger partial charge in [-0.2, -0.15) is 0 Å². The van der Waals surface area contributed by atoms with Crippen molar-refractivity contribution in [3.8, 4) is 5.75 Å². The number of nitrogen functional groups attached to an aromatic ring is 1. The maximum Gasteiger partial charge on any atom is 0.125 e. The number of aryl methyl sites for hydroxylation is 3. The smallest absolute Gasteiger partial charge is 0.125 e. The largest absolute Gasteiger partial charge is 0.488 e. The first kappa shape index (κ1) is 14.1. The second-order valence-corrected chi connectivity index (χ2v) is 5.13. The highest BCUT2D eigenvalue weighted by atomic mass is 16.5. The lowest BCUT2D eigenvalue weighted by Crippen LogP contribution is -2.12. The van der Waals surface area contributed by atoms with Crippen LogP contribution in [0, 0.1) is 26.2 Å². The molecule has 0 spiro atoms. The number of benzene rings is 2. The van der Waals surface area contributed by atoms with Crippen molar-refractivity contribution in [1.82, 2.24) is 0 Å². The van der Waals surface area contributed by atoms with Crippen LogP contribution in [-0.2, 0) is 6.61 Å². The van der Waals surface area contributed by atoms with Gasteiger partial charge in [-0.05, 0) is 49.6 Å². The van der Waals surface area contributed by atoms with Crippen LogP contribution in [-0.4, -0.2) is 5.84 Å². The highest BCUT2D eigenvalue weighted by molar-refractivity contribution is 5.95. The molecule has 20 heavy (non-hydrogen) atoms. The Kier molecular flexibility index (Phi) is 4.08. The van der Waals surface area contributed by atoms with Crippen molar-refractivity contribution in [2.45, 2.75) is 27.4 Å². The summed E-state index contributed by atoms with van der Waals surface area (Å²) >= 11 is 0. The summed E-state index contributed by atoms with van der Waals surface area (Å²) in [6.45, 7) is 6.57. The first-order chi connectivity index (χ1) is 9.47. The minimum absolute atomic E-state index is 0.0847. The van der Waals surface area contributed by atoms with E-state index in [4.69, 9.17) is 15.9 Å². The molecule has 0 amide bonds. The summed E-state index contributed by atoms with van der Waals surface area (Å²) in [4.78, 5) is 0. The highest BCUT2D eigenvalue weighted by Crippen LogP contribution is 2.25. The Balaban J connectivity index is 2.20. The molecule has 0 saturated heterocycles. The van der Waals surface area contributed by atoms with E-state index in [9.17, 15) is 0 Å². The minimum atomic E-state index is 0.0847. The molecule has 3 heteroatoms. The van der Waals surface area contributed by atoms with E-state index >= 15 is 0 Å². The van der Waals surface area contributed by atoms with E-state index in [0.717, 1.165) is 28.0 Å². The summed E-state index contributed by atoms with van der Waals surface area (Å²) in [5.74, 6) is 0.956. The van der Waals surface area contributed by atoms with Gasteiger partial charge >= 0.3 is 0 Å². The zero-order chi connectivity index (χ0) is 14.7. The van der Waals surface area contributed by atoms with Gasteiger partial charge in [0.1, 0.15) is 18.2 Å². The second-order valence-electron chi connectivity index (χ2n) is 5.13. The molecule has 3 N–H and O–H groups in total. The van der Waals surface area contributed by atoms with E-state index in [0.29, 0.717) is 6.61 Å². The Morgan fingerprint density at radius 3 is 2.30 bits per heavy atom. The monoisotopic (exact) mass is 268 g/mol. The van der Waals surface area contributed by atoms with E-state index < -0.39 is 0 Å². The number of hydrogen-bond acceptors (Lipinski definition) is 2. The van der Waals surface area contributed by atoms with Crippen LogP contribution in [0.25, 0.3) is 0 Å². The van der Waals surface area contributed by atoms with Gasteiger partial charge in [0.2, 0.25) is 0 Å². The molecule has 0 atom stereocenters. The molecular weight excluding hydrogens is 248 g/mol. The lowest BCUT2D eigenvalue weighted by atomic mass is 10.0. The number of amidine groups is 1. The van der Waals surface area contributed by atoms with Crippen molar-refractivity contribution < 1.29 is 4.74 Å². The lowest BCUT2D eigenvalue weighted by molar-refractivity contribution is 0.302. The van der Waals surface area contributed by atoms with E-state index in [1.165, 1.54) is 5.56 Å². The third kappa shape index (κ3) is 3.18. The summed E-state index contributed by atoms with van der Waals surface area (Å²) in [6, 6.07) is 12.1. The second kappa shape index (κ2) is 5.78. The van der Waals surface area contributed by atoms with Crippen LogP contribution in [0.4, 0.5) is 0 Å². The molecule has 0 unspecified atom stereocenters. The fourth-order valence-corrected chi connectivity index (χ4v) is 2.29. The quantitative estimate of drug-likeness (QED) is 0.659. The molecule has 0 fully saturated rings. The van der Waals surface area contributed by atoms with Gasteiger partial charge in [0, 0.05) is 5.56 Å². The van der Waals surface area contributed by atoms with Gasteiger partial charge in [-0.1, -0.05) is 29.8 Å². The third-order valence-corrected chi connectivity index (χ3v) is 3.24. The molecule has 0 radical (unpaired) electrons. The zero-order valence-corrected chi connectivity index (χ0v) is 12.2. The van der Waals surface area contributed by atoms with Gasteiger partial charge in [0.05, 0.1) is 0 Å². The Bertz CT molecular complexity index is 624. The van der Waals surface area contributed by atoms with E-state index in [2.05, 4.69) is 25.1 Å². The average molecular weight is 268 g/mol. The maximum absolute atomic E-state index is 7.50. The fourth-order valence-electron chi connectivity index (χ4n) is 2.29. The number of ether oxygens (including phenoxy) is 1. The normalized spacial score (nSPS) is 10.3. The van der Waals surface area contributed by atoms with Crippen molar-refractivity contribution in [3.05, 3.63) is 64.2 Å². The summed E-state index contributed by atoms with van der Waals surface area (Å²) in [5, 5.41) is 7.50. The van der Waals surface area contributed by atoms with E-state index in [-0.39, 0.29) is 5.84 Å². The van der Waals surface area contributed by atoms with Gasteiger partial charge in [0.25, 0.3) is 0 Å². The summed E-state index contributed by atoms with van der Waals surface area (Å²) in [7, 11) is 0. The number of rotatable bonds is 4. The zero-order valence-electron chi connectivity index (χ0n) is 12.2. The summed E-state index contributed by atoms with van der Waals surface area (Å²) in [6.07, 6.45) is 0. The van der Waals surface area contributed by atoms with E-state index in [1.807, 2.05) is 32.0 Å². The molecule has 2 rings (SSSR count). The van der Waals surface area contributed by atoms with Crippen molar-refractivity contribution in [3.63, 3.8) is 0 Å². The van der Waals surface area contributed by atoms with Crippen LogP contribution in [0.5, 0.6) is 5.75 Å². The maximum atomic E-state index is 7.50. The SMILES string of the molecule is Cc1cccc(COc2c(C)cc(C(=N)N)cc2C)c1. The van der Waals surface area contributed by atoms with Crippen molar-refractivity contribution in [2.24, 2.45) is 5.73 Å². The molecule has 0 aliphatic heterocycles. The van der Waals surface area contributed by atoms with Crippen LogP contribution < -0.4 is 10.5 Å². The molecule has 0 saturated carbocycles. The van der Waals surface area contributed by atoms with Crippen LogP contribution in [0.2, 0.25) is 0 Å². The van der Waals surface area contributed by atoms with Gasteiger partial charge in [-0.3, -0.25) is 5.41 Å². The van der Waals surface area contributed by atoms with Crippen LogP contribution in [0.15, 0.2) is 36.4 Å². The predicted octanol–water partition coefficient (Wildman–Crippen LogP) is 3.47. The molecular formula is C17H20N2O. The first-order valence-corrected chi connectivity index (χ1v) is 6.61. The van der Waals surface area contributed by atoms with Crippen molar-refractivity contribution in [2.75, 3.05) is 0 Å². The molecule has 2 aromatic rings. The molecule has 0 bridgehead atoms. The molecule has 0 aliphatic carbocycles. The molecule has 0 aliphatic rings. The Morgan fingerprint density at radius 1 is 1.10 bits per heavy atom. The number of hydrogen-bond donors (Lipinski definition) is 2. The Morgan fingerprint density at radius 2 is 1.75 bits per heavy atom. The lowest BCUT2D eigenvalue weighted by Gasteiger charge is -2.14. The number of nitrogens with two attached hydrogens (primary N) is 1. The van der Waals surface area contributed by atoms with Gasteiger partial charge in [-0.15, -0.1) is 0 Å². The first-order valence-electron chi connectivity index (χ1n) is 6.61. The molecule has 0 aromatic heterocycles. The topological polar surface area (TPSA) is 59.1 Å². The molecule has 104 valence electrons. The Hall–Kier alpha value is -2.29. The Labute approximate surface area is 119 Å². The van der Waals surface area contributed by atoms with E-state index in [1.54, 1.807) is 0 Å². The van der Waals surface area contributed by atoms with Crippen LogP contribution in [0.3, 0.4) is 0 Å². The van der Waals surface area contributed by atoms with Crippen LogP contribution in [0.1, 0.15) is 27.8 Å². The van der Waals surface area contributed by atoms with Gasteiger partial charge < -0.3 is 10.5 Å². The van der Waals surface area contributed by atoms with Gasteiger partial charge in [0.15, 0.2) is 0 Å². The van der Waals surface area contributed by atoms with Crippen molar-refractivity contribution >= 4 is 5.84 Å². The average Bonchev–Trinajstić information content (AvgIpc) is 2.37. The number of nitrogens with one attached hydrogen (secondary N) is 1. The summed E-state index contributed by atoms with van der Waals surface area (Å²) < 4.78 is 5.93. The molecule has 0 heterocycles. The van der Waals surface area contributed by atoms with Gasteiger partial charge in [-0.25, -0.2) is 0 Å². The third-order valence-electron chi connectivity index (χ3n) is 3.24. The predicted molar refractivity (Wildman–Crippen MR) is 82.4 cm³/mol. The highest BCUT2D eigenvalue weighted by Gasteiger charge is 2.08. The van der Waals surface area contributed by atoms with Crippen molar-refractivity contribution in [1.29, 1.82) is 5.41 Å². The summed E-state index contributed by atoms with van der Waals surface area (Å²) in [5.41, 5.74) is 10.7. The minimum Gasteiger partial charge on any atom is -0.488 e.